The third-order valence-corrected chi connectivity index (χ3v) is 3.64. The van der Waals surface area contributed by atoms with E-state index in [0.717, 1.165) is 0 Å². The number of hydrogen-bond donors (Lipinski definition) is 0. The van der Waals surface area contributed by atoms with Gasteiger partial charge in [0, 0.05) is 27.1 Å². The van der Waals surface area contributed by atoms with Crippen LogP contribution in [0.3, 0.4) is 0 Å². The Morgan fingerprint density at radius 3 is 2.09 bits per heavy atom. The van der Waals surface area contributed by atoms with E-state index in [1.165, 1.54) is 7.11 Å². The Kier molecular flexibility index (Phi) is 4.63. The van der Waals surface area contributed by atoms with Gasteiger partial charge < -0.3 is 23.7 Å². The van der Waals surface area contributed by atoms with Gasteiger partial charge in [0.05, 0.1) is 12.7 Å². The van der Waals surface area contributed by atoms with Crippen LogP contribution < -0.4 is 9.47 Å². The van der Waals surface area contributed by atoms with Crippen LogP contribution in [0, 0.1) is 0 Å². The molecule has 1 heterocycles. The van der Waals surface area contributed by atoms with Crippen molar-refractivity contribution in [2.75, 3.05) is 20.3 Å². The number of rotatable bonds is 5. The quantitative estimate of drug-likeness (QED) is 0.779. The fourth-order valence-electron chi connectivity index (χ4n) is 2.39. The smallest absolute Gasteiger partial charge is 0.337 e. The van der Waals surface area contributed by atoms with E-state index >= 15 is 0 Å². The fraction of sp³-hybridized carbons (Fsp3) is 0.562. The van der Waals surface area contributed by atoms with Crippen LogP contribution in [0.5, 0.6) is 11.5 Å². The molecule has 1 aromatic carbocycles. The minimum absolute atomic E-state index is 0.378. The molecule has 1 aliphatic rings. The highest BCUT2D eigenvalue weighted by Crippen LogP contribution is 2.45. The van der Waals surface area contributed by atoms with Crippen molar-refractivity contribution in [3.05, 3.63) is 23.8 Å². The molecule has 1 aromatic rings. The van der Waals surface area contributed by atoms with Crippen molar-refractivity contribution in [2.24, 2.45) is 0 Å². The third kappa shape index (κ3) is 2.76. The molecule has 22 heavy (non-hydrogen) atoms. The summed E-state index contributed by atoms with van der Waals surface area (Å²) in [5.41, 5.74) is 0.378. The molecule has 0 aromatic heterocycles. The van der Waals surface area contributed by atoms with E-state index in [-0.39, 0.29) is 0 Å². The Morgan fingerprint density at radius 2 is 1.59 bits per heavy atom. The van der Waals surface area contributed by atoms with Crippen LogP contribution in [0.25, 0.3) is 0 Å². The van der Waals surface area contributed by atoms with E-state index in [2.05, 4.69) is 0 Å². The van der Waals surface area contributed by atoms with Gasteiger partial charge in [0.15, 0.2) is 11.5 Å². The van der Waals surface area contributed by atoms with E-state index in [9.17, 15) is 4.79 Å². The third-order valence-electron chi connectivity index (χ3n) is 3.64. The Hall–Kier alpha value is -1.79. The fourth-order valence-corrected chi connectivity index (χ4v) is 2.39. The van der Waals surface area contributed by atoms with E-state index in [0.29, 0.717) is 30.3 Å². The van der Waals surface area contributed by atoms with Crippen LogP contribution in [0.1, 0.15) is 38.1 Å². The number of hydrogen-bond acceptors (Lipinski definition) is 6. The molecule has 0 fully saturated rings. The summed E-state index contributed by atoms with van der Waals surface area (Å²) >= 11 is 0. The van der Waals surface area contributed by atoms with Gasteiger partial charge in [0.25, 0.3) is 11.6 Å². The van der Waals surface area contributed by atoms with Crippen LogP contribution in [0.2, 0.25) is 0 Å². The van der Waals surface area contributed by atoms with E-state index in [1.807, 2.05) is 13.8 Å². The van der Waals surface area contributed by atoms with Crippen molar-refractivity contribution in [2.45, 2.75) is 39.3 Å². The van der Waals surface area contributed by atoms with Crippen molar-refractivity contribution >= 4 is 5.97 Å². The lowest BCUT2D eigenvalue weighted by Gasteiger charge is -2.47. The predicted octanol–water partition coefficient (Wildman–Crippen LogP) is 2.75. The molecule has 2 unspecified atom stereocenters. The van der Waals surface area contributed by atoms with Gasteiger partial charge in [-0.2, -0.15) is 0 Å². The number of ether oxygens (including phenoxy) is 5. The molecule has 0 saturated carbocycles. The maximum Gasteiger partial charge on any atom is 0.337 e. The second kappa shape index (κ2) is 6.14. The van der Waals surface area contributed by atoms with Crippen molar-refractivity contribution in [1.29, 1.82) is 0 Å². The zero-order valence-electron chi connectivity index (χ0n) is 13.6. The first-order valence-corrected chi connectivity index (χ1v) is 7.27. The molecular weight excluding hydrogens is 288 g/mol. The molecule has 0 N–H and O–H groups in total. The van der Waals surface area contributed by atoms with Crippen LogP contribution in [0.15, 0.2) is 18.2 Å². The SMILES string of the molecule is CCOC1(C)Oc2ccc(C(=O)OC)cc2OC1(C)OCC. The van der Waals surface area contributed by atoms with Crippen LogP contribution in [-0.4, -0.2) is 37.9 Å². The zero-order chi connectivity index (χ0) is 16.4. The Balaban J connectivity index is 2.42. The summed E-state index contributed by atoms with van der Waals surface area (Å²) in [6.45, 7) is 8.12. The van der Waals surface area contributed by atoms with Crippen molar-refractivity contribution in [3.63, 3.8) is 0 Å². The van der Waals surface area contributed by atoms with Crippen LogP contribution in [0.4, 0.5) is 0 Å². The summed E-state index contributed by atoms with van der Waals surface area (Å²) in [5.74, 6) is -1.78. The van der Waals surface area contributed by atoms with Gasteiger partial charge in [-0.05, 0) is 32.0 Å². The van der Waals surface area contributed by atoms with Gasteiger partial charge in [0.1, 0.15) is 0 Å². The highest BCUT2D eigenvalue weighted by atomic mass is 16.8. The average Bonchev–Trinajstić information content (AvgIpc) is 2.47. The summed E-state index contributed by atoms with van der Waals surface area (Å²) in [5, 5.41) is 0. The number of benzene rings is 1. The van der Waals surface area contributed by atoms with E-state index in [1.54, 1.807) is 32.0 Å². The largest absolute Gasteiger partial charge is 0.465 e. The standard InChI is InChI=1S/C16H22O6/c1-6-19-15(3)16(4,20-7-2)22-13-10-11(14(17)18-5)8-9-12(13)21-15/h8-10H,6-7H2,1-5H3. The molecule has 2 atom stereocenters. The molecule has 0 spiro atoms. The van der Waals surface area contributed by atoms with Crippen LogP contribution in [-0.2, 0) is 14.2 Å². The monoisotopic (exact) mass is 310 g/mol. The number of methoxy groups -OCH3 is 1. The molecule has 0 bridgehead atoms. The number of fused-ring (bicyclic) bond motifs is 1. The lowest BCUT2D eigenvalue weighted by atomic mass is 10.1. The predicted molar refractivity (Wildman–Crippen MR) is 79.1 cm³/mol. The first-order chi connectivity index (χ1) is 10.4. The summed E-state index contributed by atoms with van der Waals surface area (Å²) in [7, 11) is 1.33. The summed E-state index contributed by atoms with van der Waals surface area (Å²) in [4.78, 5) is 11.6. The lowest BCUT2D eigenvalue weighted by Crippen LogP contribution is -2.63. The first kappa shape index (κ1) is 16.6. The molecule has 122 valence electrons. The van der Waals surface area contributed by atoms with Gasteiger partial charge in [-0.1, -0.05) is 0 Å². The number of carbonyl (C=O) groups is 1. The topological polar surface area (TPSA) is 63.2 Å². The molecule has 6 heteroatoms. The molecule has 2 rings (SSSR count). The normalized spacial score (nSPS) is 26.6. The van der Waals surface area contributed by atoms with Gasteiger partial charge in [-0.25, -0.2) is 4.79 Å². The number of esters is 1. The highest BCUT2D eigenvalue weighted by molar-refractivity contribution is 5.90. The van der Waals surface area contributed by atoms with Gasteiger partial charge >= 0.3 is 5.97 Å². The maximum atomic E-state index is 11.6. The average molecular weight is 310 g/mol. The van der Waals surface area contributed by atoms with Crippen LogP contribution >= 0.6 is 0 Å². The van der Waals surface area contributed by atoms with E-state index in [4.69, 9.17) is 23.7 Å². The van der Waals surface area contributed by atoms with Crippen molar-refractivity contribution in [1.82, 2.24) is 0 Å². The van der Waals surface area contributed by atoms with Crippen molar-refractivity contribution < 1.29 is 28.5 Å². The zero-order valence-corrected chi connectivity index (χ0v) is 13.6. The van der Waals surface area contributed by atoms with Gasteiger partial charge in [-0.15, -0.1) is 0 Å². The summed E-state index contributed by atoms with van der Waals surface area (Å²) in [6, 6.07) is 4.85. The summed E-state index contributed by atoms with van der Waals surface area (Å²) in [6.07, 6.45) is 0. The molecular formula is C16H22O6. The van der Waals surface area contributed by atoms with E-state index < -0.39 is 17.5 Å². The minimum Gasteiger partial charge on any atom is -0.465 e. The molecule has 6 nitrogen and oxygen atoms in total. The molecule has 0 amide bonds. The Morgan fingerprint density at radius 1 is 1.05 bits per heavy atom. The Bertz CT molecular complexity index is 558. The Labute approximate surface area is 130 Å². The van der Waals surface area contributed by atoms with Gasteiger partial charge in [-0.3, -0.25) is 0 Å². The highest BCUT2D eigenvalue weighted by Gasteiger charge is 2.55. The minimum atomic E-state index is -1.14. The summed E-state index contributed by atoms with van der Waals surface area (Å²) < 4.78 is 28.1. The molecule has 0 aliphatic carbocycles. The van der Waals surface area contributed by atoms with Gasteiger partial charge in [0.2, 0.25) is 0 Å². The second-order valence-electron chi connectivity index (χ2n) is 5.11. The first-order valence-electron chi connectivity index (χ1n) is 7.27. The molecule has 1 aliphatic heterocycles. The van der Waals surface area contributed by atoms with Crippen molar-refractivity contribution in [3.8, 4) is 11.5 Å². The lowest BCUT2D eigenvalue weighted by molar-refractivity contribution is -0.357. The molecule has 0 saturated heterocycles. The number of carbonyl (C=O) groups excluding carboxylic acids is 1. The maximum absolute atomic E-state index is 11.6. The second-order valence-corrected chi connectivity index (χ2v) is 5.11. The molecule has 0 radical (unpaired) electrons.